The lowest BCUT2D eigenvalue weighted by molar-refractivity contribution is -0.121. The maximum Gasteiger partial charge on any atom is 0.220 e. The number of rotatable bonds is 7. The zero-order valence-corrected chi connectivity index (χ0v) is 13.2. The SMILES string of the molecule is CNCCCC(=O)NC(C)c1ccc(OC)c(Br)c1. The smallest absolute Gasteiger partial charge is 0.220 e. The van der Waals surface area contributed by atoms with Gasteiger partial charge in [-0.3, -0.25) is 4.79 Å². The summed E-state index contributed by atoms with van der Waals surface area (Å²) >= 11 is 3.45. The number of carbonyl (C=O) groups is 1. The number of hydrogen-bond donors (Lipinski definition) is 2. The van der Waals surface area contributed by atoms with Gasteiger partial charge in [0.25, 0.3) is 0 Å². The second-order valence-corrected chi connectivity index (χ2v) is 5.24. The molecular weight excluding hydrogens is 308 g/mol. The van der Waals surface area contributed by atoms with Crippen LogP contribution in [0.25, 0.3) is 0 Å². The van der Waals surface area contributed by atoms with Crippen LogP contribution < -0.4 is 15.4 Å². The van der Waals surface area contributed by atoms with E-state index in [-0.39, 0.29) is 11.9 Å². The van der Waals surface area contributed by atoms with Crippen molar-refractivity contribution in [1.29, 1.82) is 0 Å². The number of nitrogens with one attached hydrogen (secondary N) is 2. The van der Waals surface area contributed by atoms with Crippen LogP contribution in [0.4, 0.5) is 0 Å². The fraction of sp³-hybridized carbons (Fsp3) is 0.500. The highest BCUT2D eigenvalue weighted by Gasteiger charge is 2.11. The monoisotopic (exact) mass is 328 g/mol. The molecule has 2 N–H and O–H groups in total. The number of carbonyl (C=O) groups excluding carboxylic acids is 1. The molecule has 1 atom stereocenters. The van der Waals surface area contributed by atoms with Gasteiger partial charge >= 0.3 is 0 Å². The number of hydrogen-bond acceptors (Lipinski definition) is 3. The maximum absolute atomic E-state index is 11.7. The molecule has 0 aromatic heterocycles. The summed E-state index contributed by atoms with van der Waals surface area (Å²) in [7, 11) is 3.52. The molecule has 19 heavy (non-hydrogen) atoms. The van der Waals surface area contributed by atoms with Crippen LogP contribution in [0.2, 0.25) is 0 Å². The Morgan fingerprint density at radius 1 is 1.47 bits per heavy atom. The molecule has 0 fully saturated rings. The van der Waals surface area contributed by atoms with Crippen LogP contribution in [-0.4, -0.2) is 26.6 Å². The molecule has 0 heterocycles. The van der Waals surface area contributed by atoms with Gasteiger partial charge in [-0.15, -0.1) is 0 Å². The maximum atomic E-state index is 11.7. The molecule has 1 rings (SSSR count). The molecule has 0 spiro atoms. The molecule has 4 nitrogen and oxygen atoms in total. The number of ether oxygens (including phenoxy) is 1. The summed E-state index contributed by atoms with van der Waals surface area (Å²) in [6.45, 7) is 2.83. The molecule has 0 bridgehead atoms. The molecule has 1 unspecified atom stereocenters. The third kappa shape index (κ3) is 5.20. The third-order valence-electron chi connectivity index (χ3n) is 2.88. The minimum atomic E-state index is -0.00991. The summed E-state index contributed by atoms with van der Waals surface area (Å²) < 4.78 is 6.08. The van der Waals surface area contributed by atoms with Gasteiger partial charge in [0, 0.05) is 6.42 Å². The summed E-state index contributed by atoms with van der Waals surface area (Å²) in [4.78, 5) is 11.7. The van der Waals surface area contributed by atoms with Crippen LogP contribution in [0.3, 0.4) is 0 Å². The Kier molecular flexibility index (Phi) is 6.87. The van der Waals surface area contributed by atoms with E-state index in [0.717, 1.165) is 28.8 Å². The Morgan fingerprint density at radius 2 is 2.21 bits per heavy atom. The number of amides is 1. The van der Waals surface area contributed by atoms with E-state index in [1.165, 1.54) is 0 Å². The van der Waals surface area contributed by atoms with Gasteiger partial charge in [0.05, 0.1) is 17.6 Å². The van der Waals surface area contributed by atoms with Crippen molar-refractivity contribution in [2.45, 2.75) is 25.8 Å². The summed E-state index contributed by atoms with van der Waals surface area (Å²) in [6, 6.07) is 5.81. The topological polar surface area (TPSA) is 50.4 Å². The predicted molar refractivity (Wildman–Crippen MR) is 80.4 cm³/mol. The predicted octanol–water partition coefficient (Wildman–Crippen LogP) is 2.63. The van der Waals surface area contributed by atoms with Crippen LogP contribution in [0.1, 0.15) is 31.4 Å². The van der Waals surface area contributed by atoms with Crippen LogP contribution in [0.5, 0.6) is 5.75 Å². The summed E-state index contributed by atoms with van der Waals surface area (Å²) in [5.74, 6) is 0.867. The molecule has 0 aliphatic heterocycles. The molecule has 1 aromatic rings. The van der Waals surface area contributed by atoms with Crippen molar-refractivity contribution in [3.8, 4) is 5.75 Å². The van der Waals surface area contributed by atoms with Crippen LogP contribution in [0.15, 0.2) is 22.7 Å². The quantitative estimate of drug-likeness (QED) is 0.756. The van der Waals surface area contributed by atoms with Gasteiger partial charge in [0.2, 0.25) is 5.91 Å². The molecule has 0 radical (unpaired) electrons. The molecule has 1 amide bonds. The van der Waals surface area contributed by atoms with Gasteiger partial charge in [0.1, 0.15) is 5.75 Å². The molecule has 1 aromatic carbocycles. The Labute approximate surface area is 123 Å². The number of benzene rings is 1. The van der Waals surface area contributed by atoms with E-state index in [1.54, 1.807) is 7.11 Å². The first-order valence-electron chi connectivity index (χ1n) is 6.36. The molecule has 0 aliphatic rings. The van der Waals surface area contributed by atoms with E-state index in [1.807, 2.05) is 32.2 Å². The van der Waals surface area contributed by atoms with E-state index in [0.29, 0.717) is 6.42 Å². The van der Waals surface area contributed by atoms with Gasteiger partial charge in [-0.25, -0.2) is 0 Å². The first-order valence-corrected chi connectivity index (χ1v) is 7.15. The van der Waals surface area contributed by atoms with Gasteiger partial charge in [-0.1, -0.05) is 6.07 Å². The van der Waals surface area contributed by atoms with Gasteiger partial charge in [0.15, 0.2) is 0 Å². The fourth-order valence-electron chi connectivity index (χ4n) is 1.77. The summed E-state index contributed by atoms with van der Waals surface area (Å²) in [5.41, 5.74) is 1.05. The molecule has 0 saturated heterocycles. The Balaban J connectivity index is 2.55. The van der Waals surface area contributed by atoms with Gasteiger partial charge in [-0.2, -0.15) is 0 Å². The Hall–Kier alpha value is -1.07. The van der Waals surface area contributed by atoms with Crippen molar-refractivity contribution in [3.63, 3.8) is 0 Å². The van der Waals surface area contributed by atoms with Crippen molar-refractivity contribution in [1.82, 2.24) is 10.6 Å². The fourth-order valence-corrected chi connectivity index (χ4v) is 2.33. The Morgan fingerprint density at radius 3 is 2.79 bits per heavy atom. The largest absolute Gasteiger partial charge is 0.496 e. The first kappa shape index (κ1) is 16.0. The average Bonchev–Trinajstić information content (AvgIpc) is 2.38. The van der Waals surface area contributed by atoms with E-state index >= 15 is 0 Å². The normalized spacial score (nSPS) is 12.0. The molecule has 5 heteroatoms. The molecule has 0 aliphatic carbocycles. The zero-order valence-electron chi connectivity index (χ0n) is 11.6. The van der Waals surface area contributed by atoms with Crippen molar-refractivity contribution in [2.75, 3.05) is 20.7 Å². The lowest BCUT2D eigenvalue weighted by atomic mass is 10.1. The van der Waals surface area contributed by atoms with Crippen LogP contribution >= 0.6 is 15.9 Å². The lowest BCUT2D eigenvalue weighted by Gasteiger charge is -2.15. The van der Waals surface area contributed by atoms with Crippen molar-refractivity contribution >= 4 is 21.8 Å². The van der Waals surface area contributed by atoms with Crippen LogP contribution in [0, 0.1) is 0 Å². The lowest BCUT2D eigenvalue weighted by Crippen LogP contribution is -2.27. The molecule has 106 valence electrons. The second kappa shape index (κ2) is 8.17. The minimum Gasteiger partial charge on any atom is -0.496 e. The van der Waals surface area contributed by atoms with Crippen LogP contribution in [-0.2, 0) is 4.79 Å². The zero-order chi connectivity index (χ0) is 14.3. The highest BCUT2D eigenvalue weighted by molar-refractivity contribution is 9.10. The summed E-state index contributed by atoms with van der Waals surface area (Å²) in [5, 5.41) is 6.02. The van der Waals surface area contributed by atoms with E-state index < -0.39 is 0 Å². The molecule has 0 saturated carbocycles. The highest BCUT2D eigenvalue weighted by atomic mass is 79.9. The molecular formula is C14H21BrN2O2. The minimum absolute atomic E-state index is 0.00991. The van der Waals surface area contributed by atoms with Gasteiger partial charge < -0.3 is 15.4 Å². The standard InChI is InChI=1S/C14H21BrN2O2/c1-10(17-14(18)5-4-8-16-2)11-6-7-13(19-3)12(15)9-11/h6-7,9-10,16H,4-5,8H2,1-3H3,(H,17,18). The third-order valence-corrected chi connectivity index (χ3v) is 3.50. The van der Waals surface area contributed by atoms with Crippen molar-refractivity contribution < 1.29 is 9.53 Å². The number of methoxy groups -OCH3 is 1. The Bertz CT molecular complexity index is 424. The van der Waals surface area contributed by atoms with Crippen molar-refractivity contribution in [3.05, 3.63) is 28.2 Å². The van der Waals surface area contributed by atoms with Crippen molar-refractivity contribution in [2.24, 2.45) is 0 Å². The first-order chi connectivity index (χ1) is 9.08. The van der Waals surface area contributed by atoms with E-state index in [4.69, 9.17) is 4.74 Å². The van der Waals surface area contributed by atoms with Gasteiger partial charge in [-0.05, 0) is 60.6 Å². The van der Waals surface area contributed by atoms with E-state index in [9.17, 15) is 4.79 Å². The highest BCUT2D eigenvalue weighted by Crippen LogP contribution is 2.27. The average molecular weight is 329 g/mol. The summed E-state index contributed by atoms with van der Waals surface area (Å²) in [6.07, 6.45) is 1.39. The second-order valence-electron chi connectivity index (χ2n) is 4.39. The number of halogens is 1. The van der Waals surface area contributed by atoms with E-state index in [2.05, 4.69) is 26.6 Å².